The third-order valence-corrected chi connectivity index (χ3v) is 2.84. The number of aliphatic hydroxyl groups excluding tert-OH is 1. The van der Waals surface area contributed by atoms with Crippen molar-refractivity contribution in [3.63, 3.8) is 0 Å². The first-order valence-electron chi connectivity index (χ1n) is 6.61. The molecule has 122 valence electrons. The third kappa shape index (κ3) is 7.20. The summed E-state index contributed by atoms with van der Waals surface area (Å²) in [6.45, 7) is 4.80. The van der Waals surface area contributed by atoms with Crippen LogP contribution in [0.1, 0.15) is 12.5 Å². The summed E-state index contributed by atoms with van der Waals surface area (Å²) in [4.78, 5) is 0. The summed E-state index contributed by atoms with van der Waals surface area (Å²) in [6, 6.07) is 3.76. The molecule has 0 heterocycles. The number of aliphatic hydroxyl groups is 1. The zero-order valence-electron chi connectivity index (χ0n) is 12.4. The van der Waals surface area contributed by atoms with Crippen LogP contribution in [-0.4, -0.2) is 45.2 Å². The van der Waals surface area contributed by atoms with Crippen molar-refractivity contribution >= 4 is 24.0 Å². The van der Waals surface area contributed by atoms with Crippen LogP contribution in [0.25, 0.3) is 0 Å². The predicted molar refractivity (Wildman–Crippen MR) is 86.0 cm³/mol. The Kier molecular flexibility index (Phi) is 11.5. The highest BCUT2D eigenvalue weighted by atomic mass is 35.5. The topological polar surface area (TPSA) is 60.0 Å². The SMILES string of the molecule is CCOc1cc(CNCCOCCO)cc(Cl)c1OC.Cl. The zero-order valence-corrected chi connectivity index (χ0v) is 13.9. The van der Waals surface area contributed by atoms with Gasteiger partial charge in [0.15, 0.2) is 11.5 Å². The van der Waals surface area contributed by atoms with Gasteiger partial charge in [0.1, 0.15) is 0 Å². The third-order valence-electron chi connectivity index (χ3n) is 2.56. The maximum absolute atomic E-state index is 8.58. The van der Waals surface area contributed by atoms with Crippen LogP contribution in [0.15, 0.2) is 12.1 Å². The van der Waals surface area contributed by atoms with Gasteiger partial charge in [-0.05, 0) is 24.6 Å². The van der Waals surface area contributed by atoms with E-state index in [2.05, 4.69) is 5.32 Å². The summed E-state index contributed by atoms with van der Waals surface area (Å²) in [5.41, 5.74) is 1.02. The maximum atomic E-state index is 8.58. The second-order valence-corrected chi connectivity index (χ2v) is 4.46. The molecule has 0 aromatic heterocycles. The van der Waals surface area contributed by atoms with E-state index in [0.717, 1.165) is 5.56 Å². The molecule has 21 heavy (non-hydrogen) atoms. The molecule has 1 aromatic carbocycles. The number of hydrogen-bond donors (Lipinski definition) is 2. The molecule has 1 rings (SSSR count). The molecule has 0 saturated heterocycles. The zero-order chi connectivity index (χ0) is 14.8. The van der Waals surface area contributed by atoms with Gasteiger partial charge in [-0.1, -0.05) is 11.6 Å². The molecular formula is C14H23Cl2NO4. The van der Waals surface area contributed by atoms with Gasteiger partial charge in [0.05, 0.1) is 38.6 Å². The number of benzene rings is 1. The molecule has 0 atom stereocenters. The van der Waals surface area contributed by atoms with E-state index in [1.165, 1.54) is 0 Å². The highest BCUT2D eigenvalue weighted by Crippen LogP contribution is 2.36. The Morgan fingerprint density at radius 2 is 2.05 bits per heavy atom. The Balaban J connectivity index is 0.00000400. The van der Waals surface area contributed by atoms with Gasteiger partial charge in [-0.15, -0.1) is 12.4 Å². The van der Waals surface area contributed by atoms with Crippen LogP contribution in [0.5, 0.6) is 11.5 Å². The van der Waals surface area contributed by atoms with Crippen molar-refractivity contribution in [2.24, 2.45) is 0 Å². The van der Waals surface area contributed by atoms with Crippen molar-refractivity contribution in [2.75, 3.05) is 40.1 Å². The number of ether oxygens (including phenoxy) is 3. The van der Waals surface area contributed by atoms with E-state index >= 15 is 0 Å². The summed E-state index contributed by atoms with van der Waals surface area (Å²) < 4.78 is 15.9. The van der Waals surface area contributed by atoms with E-state index in [1.54, 1.807) is 7.11 Å². The number of hydrogen-bond acceptors (Lipinski definition) is 5. The summed E-state index contributed by atoms with van der Waals surface area (Å²) in [5, 5.41) is 12.3. The standard InChI is InChI=1S/C14H22ClNO4.ClH/c1-3-20-13-9-11(8-12(15)14(13)18-2)10-16-4-6-19-7-5-17;/h8-9,16-17H,3-7,10H2,1-2H3;1H. The molecule has 5 nitrogen and oxygen atoms in total. The Morgan fingerprint density at radius 1 is 1.29 bits per heavy atom. The van der Waals surface area contributed by atoms with Crippen LogP contribution in [-0.2, 0) is 11.3 Å². The van der Waals surface area contributed by atoms with Gasteiger partial charge in [-0.2, -0.15) is 0 Å². The van der Waals surface area contributed by atoms with Crippen LogP contribution in [0, 0.1) is 0 Å². The molecule has 0 saturated carbocycles. The Morgan fingerprint density at radius 3 is 2.67 bits per heavy atom. The van der Waals surface area contributed by atoms with Gasteiger partial charge in [-0.3, -0.25) is 0 Å². The molecule has 0 radical (unpaired) electrons. The lowest BCUT2D eigenvalue weighted by molar-refractivity contribution is 0.0938. The summed E-state index contributed by atoms with van der Waals surface area (Å²) in [6.07, 6.45) is 0. The molecule has 0 spiro atoms. The average Bonchev–Trinajstić information content (AvgIpc) is 2.43. The predicted octanol–water partition coefficient (Wildman–Crippen LogP) is 2.27. The highest BCUT2D eigenvalue weighted by molar-refractivity contribution is 6.32. The smallest absolute Gasteiger partial charge is 0.179 e. The molecule has 0 aliphatic rings. The fraction of sp³-hybridized carbons (Fsp3) is 0.571. The highest BCUT2D eigenvalue weighted by Gasteiger charge is 2.11. The molecule has 0 aliphatic heterocycles. The lowest BCUT2D eigenvalue weighted by atomic mass is 10.2. The maximum Gasteiger partial charge on any atom is 0.179 e. The van der Waals surface area contributed by atoms with E-state index in [9.17, 15) is 0 Å². The summed E-state index contributed by atoms with van der Waals surface area (Å²) >= 11 is 6.17. The molecule has 0 amide bonds. The molecular weight excluding hydrogens is 317 g/mol. The largest absolute Gasteiger partial charge is 0.491 e. The molecule has 0 bridgehead atoms. The lowest BCUT2D eigenvalue weighted by Crippen LogP contribution is -2.20. The van der Waals surface area contributed by atoms with Crippen LogP contribution < -0.4 is 14.8 Å². The first kappa shape index (κ1) is 20.3. The van der Waals surface area contributed by atoms with Crippen molar-refractivity contribution < 1.29 is 19.3 Å². The average molecular weight is 340 g/mol. The molecule has 0 fully saturated rings. The van der Waals surface area contributed by atoms with Gasteiger partial charge in [-0.25, -0.2) is 0 Å². The Bertz CT molecular complexity index is 405. The number of nitrogens with one attached hydrogen (secondary N) is 1. The van der Waals surface area contributed by atoms with Crippen molar-refractivity contribution in [2.45, 2.75) is 13.5 Å². The van der Waals surface area contributed by atoms with Gasteiger partial charge in [0, 0.05) is 13.1 Å². The van der Waals surface area contributed by atoms with Gasteiger partial charge in [0.2, 0.25) is 0 Å². The molecule has 7 heteroatoms. The number of rotatable bonds is 10. The van der Waals surface area contributed by atoms with Gasteiger partial charge in [0.25, 0.3) is 0 Å². The van der Waals surface area contributed by atoms with Gasteiger partial charge >= 0.3 is 0 Å². The second kappa shape index (κ2) is 11.9. The first-order valence-corrected chi connectivity index (χ1v) is 6.99. The molecule has 0 aliphatic carbocycles. The summed E-state index contributed by atoms with van der Waals surface area (Å²) in [5.74, 6) is 1.21. The van der Waals surface area contributed by atoms with Crippen molar-refractivity contribution in [3.05, 3.63) is 22.7 Å². The van der Waals surface area contributed by atoms with E-state index in [-0.39, 0.29) is 19.0 Å². The van der Waals surface area contributed by atoms with E-state index in [1.807, 2.05) is 19.1 Å². The van der Waals surface area contributed by atoms with Gasteiger partial charge < -0.3 is 24.6 Å². The van der Waals surface area contributed by atoms with Crippen LogP contribution >= 0.6 is 24.0 Å². The number of methoxy groups -OCH3 is 1. The monoisotopic (exact) mass is 339 g/mol. The molecule has 2 N–H and O–H groups in total. The van der Waals surface area contributed by atoms with E-state index in [4.69, 9.17) is 30.9 Å². The second-order valence-electron chi connectivity index (χ2n) is 4.05. The minimum Gasteiger partial charge on any atom is -0.491 e. The lowest BCUT2D eigenvalue weighted by Gasteiger charge is -2.13. The van der Waals surface area contributed by atoms with Crippen LogP contribution in [0.4, 0.5) is 0 Å². The molecule has 1 aromatic rings. The van der Waals surface area contributed by atoms with Crippen molar-refractivity contribution in [1.29, 1.82) is 0 Å². The summed E-state index contributed by atoms with van der Waals surface area (Å²) in [7, 11) is 1.57. The van der Waals surface area contributed by atoms with E-state index in [0.29, 0.717) is 49.4 Å². The molecule has 0 unspecified atom stereocenters. The van der Waals surface area contributed by atoms with Crippen molar-refractivity contribution in [1.82, 2.24) is 5.32 Å². The number of halogens is 2. The van der Waals surface area contributed by atoms with Crippen LogP contribution in [0.2, 0.25) is 5.02 Å². The van der Waals surface area contributed by atoms with Crippen molar-refractivity contribution in [3.8, 4) is 11.5 Å². The Hall–Kier alpha value is -0.720. The fourth-order valence-corrected chi connectivity index (χ4v) is 2.04. The van der Waals surface area contributed by atoms with E-state index < -0.39 is 0 Å². The minimum absolute atomic E-state index is 0. The first-order chi connectivity index (χ1) is 9.72. The normalized spacial score (nSPS) is 10.1. The quantitative estimate of drug-likeness (QED) is 0.640. The Labute approximate surface area is 136 Å². The van der Waals surface area contributed by atoms with Crippen LogP contribution in [0.3, 0.4) is 0 Å². The minimum atomic E-state index is 0. The fourth-order valence-electron chi connectivity index (χ4n) is 1.73.